The van der Waals surface area contributed by atoms with Gasteiger partial charge in [-0.25, -0.2) is 8.42 Å². The molecule has 1 saturated heterocycles. The number of ether oxygens (including phenoxy) is 2. The first-order valence-corrected chi connectivity index (χ1v) is 14.7. The van der Waals surface area contributed by atoms with Crippen LogP contribution in [0.5, 0.6) is 0 Å². The van der Waals surface area contributed by atoms with E-state index in [-0.39, 0.29) is 30.3 Å². The second-order valence-corrected chi connectivity index (χ2v) is 13.3. The summed E-state index contributed by atoms with van der Waals surface area (Å²) < 4.78 is 40.3. The van der Waals surface area contributed by atoms with Crippen LogP contribution in [0.2, 0.25) is 0 Å². The summed E-state index contributed by atoms with van der Waals surface area (Å²) in [7, 11) is -3.76. The number of hydrogen-bond donors (Lipinski definition) is 1. The molecule has 0 amide bonds. The summed E-state index contributed by atoms with van der Waals surface area (Å²) in [5.41, 5.74) is 0.616. The van der Waals surface area contributed by atoms with Gasteiger partial charge in [0.1, 0.15) is 0 Å². The number of carbonyl (C=O) groups excluding carboxylic acids is 2. The SMILES string of the molecule is Cc1ccc(S(=O)(=O)N2CCC34c5ccccc5NC3C(C(=O)OC(C)C)(C(=O)OC(C)C)CC4C2)cc1. The lowest BCUT2D eigenvalue weighted by Crippen LogP contribution is -2.57. The maximum atomic E-state index is 13.9. The average Bonchev–Trinajstić information content (AvgIpc) is 3.33. The predicted molar refractivity (Wildman–Crippen MR) is 143 cm³/mol. The lowest BCUT2D eigenvalue weighted by Gasteiger charge is -2.44. The van der Waals surface area contributed by atoms with E-state index in [4.69, 9.17) is 9.47 Å². The number of hydrogen-bond acceptors (Lipinski definition) is 7. The van der Waals surface area contributed by atoms with Crippen LogP contribution in [0.4, 0.5) is 5.69 Å². The molecule has 3 unspecified atom stereocenters. The van der Waals surface area contributed by atoms with Crippen LogP contribution in [0.25, 0.3) is 0 Å². The van der Waals surface area contributed by atoms with Gasteiger partial charge in [-0.05, 0) is 77.1 Å². The summed E-state index contributed by atoms with van der Waals surface area (Å²) in [6.07, 6.45) is -0.252. The van der Waals surface area contributed by atoms with Crippen molar-refractivity contribution in [2.24, 2.45) is 11.3 Å². The molecule has 3 aliphatic rings. The fourth-order valence-electron chi connectivity index (χ4n) is 6.72. The summed E-state index contributed by atoms with van der Waals surface area (Å²) >= 11 is 0. The molecule has 204 valence electrons. The smallest absolute Gasteiger partial charge is 0.325 e. The molecule has 8 nitrogen and oxygen atoms in total. The number of benzene rings is 2. The third-order valence-corrected chi connectivity index (χ3v) is 10.2. The van der Waals surface area contributed by atoms with Gasteiger partial charge in [0.05, 0.1) is 23.1 Å². The number of rotatable bonds is 6. The van der Waals surface area contributed by atoms with E-state index >= 15 is 0 Å². The van der Waals surface area contributed by atoms with Gasteiger partial charge >= 0.3 is 11.9 Å². The van der Waals surface area contributed by atoms with E-state index in [1.54, 1.807) is 52.0 Å². The van der Waals surface area contributed by atoms with Crippen molar-refractivity contribution in [2.45, 2.75) is 76.0 Å². The largest absolute Gasteiger partial charge is 0.462 e. The minimum Gasteiger partial charge on any atom is -0.462 e. The Kier molecular flexibility index (Phi) is 6.59. The standard InChI is InChI=1S/C29H36N2O6S/c1-18(2)36-26(32)29(27(33)37-19(3)4)16-21-17-31(38(34,35)22-12-10-20(5)11-13-22)15-14-28(21)23-8-6-7-9-24(23)30-25(28)29/h6-13,18-19,21,25,30H,14-17H2,1-5H3. The number of esters is 2. The molecular formula is C29H36N2O6S. The second kappa shape index (κ2) is 9.38. The van der Waals surface area contributed by atoms with Gasteiger partial charge in [0.2, 0.25) is 10.0 Å². The van der Waals surface area contributed by atoms with Gasteiger partial charge in [0.15, 0.2) is 5.41 Å². The Morgan fingerprint density at radius 1 is 0.974 bits per heavy atom. The minimum absolute atomic E-state index is 0.135. The molecule has 3 atom stereocenters. The molecule has 1 aliphatic carbocycles. The van der Waals surface area contributed by atoms with E-state index in [1.165, 1.54) is 4.31 Å². The molecule has 2 aliphatic heterocycles. The molecule has 2 aromatic carbocycles. The molecule has 9 heteroatoms. The van der Waals surface area contributed by atoms with Crippen molar-refractivity contribution >= 4 is 27.6 Å². The Labute approximate surface area is 224 Å². The number of aryl methyl sites for hydroxylation is 1. The number of nitrogens with zero attached hydrogens (tertiary/aromatic N) is 1. The lowest BCUT2D eigenvalue weighted by atomic mass is 9.66. The predicted octanol–water partition coefficient (Wildman–Crippen LogP) is 4.03. The number of anilines is 1. The van der Waals surface area contributed by atoms with Crippen LogP contribution in [0.1, 0.15) is 51.7 Å². The monoisotopic (exact) mass is 540 g/mol. The van der Waals surface area contributed by atoms with Crippen molar-refractivity contribution in [1.29, 1.82) is 0 Å². The molecule has 1 saturated carbocycles. The molecule has 0 radical (unpaired) electrons. The zero-order valence-corrected chi connectivity index (χ0v) is 23.4. The summed E-state index contributed by atoms with van der Waals surface area (Å²) in [5, 5.41) is 3.51. The molecule has 0 aromatic heterocycles. The van der Waals surface area contributed by atoms with Gasteiger partial charge in [-0.15, -0.1) is 0 Å². The molecule has 38 heavy (non-hydrogen) atoms. The molecule has 1 N–H and O–H groups in total. The molecule has 2 heterocycles. The fraction of sp³-hybridized carbons (Fsp3) is 0.517. The Morgan fingerprint density at radius 3 is 2.18 bits per heavy atom. The summed E-state index contributed by atoms with van der Waals surface area (Å²) in [6, 6.07) is 14.1. The molecule has 5 rings (SSSR count). The van der Waals surface area contributed by atoms with Crippen LogP contribution in [0, 0.1) is 18.3 Å². The average molecular weight is 541 g/mol. The van der Waals surface area contributed by atoms with Crippen molar-refractivity contribution in [3.63, 3.8) is 0 Å². The van der Waals surface area contributed by atoms with Crippen molar-refractivity contribution in [2.75, 3.05) is 18.4 Å². The normalized spacial score (nSPS) is 25.9. The van der Waals surface area contributed by atoms with E-state index in [1.807, 2.05) is 31.2 Å². The van der Waals surface area contributed by atoms with Crippen molar-refractivity contribution < 1.29 is 27.5 Å². The maximum absolute atomic E-state index is 13.9. The van der Waals surface area contributed by atoms with E-state index in [9.17, 15) is 18.0 Å². The van der Waals surface area contributed by atoms with E-state index in [0.29, 0.717) is 6.42 Å². The van der Waals surface area contributed by atoms with Gasteiger partial charge in [0.25, 0.3) is 0 Å². The highest BCUT2D eigenvalue weighted by Crippen LogP contribution is 2.64. The third-order valence-electron chi connectivity index (χ3n) is 8.30. The third kappa shape index (κ3) is 3.93. The number of piperidine rings is 1. The van der Waals surface area contributed by atoms with Crippen LogP contribution in [-0.4, -0.2) is 56.0 Å². The van der Waals surface area contributed by atoms with Crippen LogP contribution >= 0.6 is 0 Å². The van der Waals surface area contributed by atoms with Gasteiger partial charge in [0, 0.05) is 24.2 Å². The van der Waals surface area contributed by atoms with E-state index in [2.05, 4.69) is 5.32 Å². The van der Waals surface area contributed by atoms with Gasteiger partial charge in [-0.2, -0.15) is 4.31 Å². The van der Waals surface area contributed by atoms with Crippen LogP contribution < -0.4 is 5.32 Å². The number of carbonyl (C=O) groups is 2. The first kappa shape index (κ1) is 26.7. The van der Waals surface area contributed by atoms with Gasteiger partial charge in [-0.1, -0.05) is 35.9 Å². The van der Waals surface area contributed by atoms with Crippen molar-refractivity contribution in [3.8, 4) is 0 Å². The number of nitrogens with one attached hydrogen (secondary N) is 1. The number of sulfonamides is 1. The van der Waals surface area contributed by atoms with E-state index < -0.39 is 51.0 Å². The van der Waals surface area contributed by atoms with Crippen molar-refractivity contribution in [3.05, 3.63) is 59.7 Å². The molecule has 1 spiro atoms. The maximum Gasteiger partial charge on any atom is 0.325 e. The summed E-state index contributed by atoms with van der Waals surface area (Å²) in [6.45, 7) is 9.39. The summed E-state index contributed by atoms with van der Waals surface area (Å²) in [4.78, 5) is 28.0. The van der Waals surface area contributed by atoms with Gasteiger partial charge in [-0.3, -0.25) is 9.59 Å². The quantitative estimate of drug-likeness (QED) is 0.436. The fourth-order valence-corrected chi connectivity index (χ4v) is 8.21. The Morgan fingerprint density at radius 2 is 1.58 bits per heavy atom. The number of para-hydroxylation sites is 1. The molecule has 2 aromatic rings. The minimum atomic E-state index is -3.76. The Hall–Kier alpha value is -2.91. The highest BCUT2D eigenvalue weighted by Gasteiger charge is 2.74. The first-order valence-electron chi connectivity index (χ1n) is 13.3. The van der Waals surface area contributed by atoms with E-state index in [0.717, 1.165) is 16.8 Å². The molecular weight excluding hydrogens is 504 g/mol. The van der Waals surface area contributed by atoms with Crippen LogP contribution in [-0.2, 0) is 34.5 Å². The highest BCUT2D eigenvalue weighted by molar-refractivity contribution is 7.89. The summed E-state index contributed by atoms with van der Waals surface area (Å²) in [5.74, 6) is -1.55. The topological polar surface area (TPSA) is 102 Å². The van der Waals surface area contributed by atoms with Crippen LogP contribution in [0.3, 0.4) is 0 Å². The van der Waals surface area contributed by atoms with Crippen LogP contribution in [0.15, 0.2) is 53.4 Å². The Balaban J connectivity index is 1.61. The van der Waals surface area contributed by atoms with Gasteiger partial charge < -0.3 is 14.8 Å². The zero-order valence-electron chi connectivity index (χ0n) is 22.6. The zero-order chi connectivity index (χ0) is 27.5. The first-order chi connectivity index (χ1) is 17.9. The Bertz CT molecular complexity index is 1330. The molecule has 0 bridgehead atoms. The highest BCUT2D eigenvalue weighted by atomic mass is 32.2. The number of fused-ring (bicyclic) bond motifs is 1. The lowest BCUT2D eigenvalue weighted by molar-refractivity contribution is -0.177. The molecule has 2 fully saturated rings. The second-order valence-electron chi connectivity index (χ2n) is 11.4. The van der Waals surface area contributed by atoms with Crippen molar-refractivity contribution in [1.82, 2.24) is 4.31 Å².